The van der Waals surface area contributed by atoms with Crippen molar-refractivity contribution in [3.8, 4) is 5.75 Å². The predicted molar refractivity (Wildman–Crippen MR) is 86.2 cm³/mol. The summed E-state index contributed by atoms with van der Waals surface area (Å²) in [6, 6.07) is 7.70. The first-order chi connectivity index (χ1) is 10.4. The van der Waals surface area contributed by atoms with Crippen molar-refractivity contribution in [3.63, 3.8) is 0 Å². The Morgan fingerprint density at radius 1 is 1.32 bits per heavy atom. The fourth-order valence-electron chi connectivity index (χ4n) is 2.47. The standard InChI is InChI=1S/C17H23N3O2/c1-6-22-15-9-7-14(8-10-15)11(2)18-17(21)16-12(3)19-20(5)13(16)4/h7-11H,6H2,1-5H3,(H,18,21)/t11-/m0/s1. The lowest BCUT2D eigenvalue weighted by atomic mass is 10.1. The molecule has 5 heteroatoms. The molecule has 118 valence electrons. The Labute approximate surface area is 131 Å². The van der Waals surface area contributed by atoms with E-state index in [1.807, 2.05) is 59.0 Å². The molecule has 0 fully saturated rings. The highest BCUT2D eigenvalue weighted by Crippen LogP contribution is 2.19. The zero-order chi connectivity index (χ0) is 16.3. The molecule has 1 heterocycles. The average Bonchev–Trinajstić information content (AvgIpc) is 2.73. The minimum atomic E-state index is -0.0931. The Hall–Kier alpha value is -2.30. The van der Waals surface area contributed by atoms with Crippen molar-refractivity contribution < 1.29 is 9.53 Å². The smallest absolute Gasteiger partial charge is 0.255 e. The van der Waals surface area contributed by atoms with Crippen LogP contribution in [0.15, 0.2) is 24.3 Å². The minimum absolute atomic E-state index is 0.0813. The normalized spacial score (nSPS) is 12.0. The van der Waals surface area contributed by atoms with Crippen molar-refractivity contribution in [2.24, 2.45) is 7.05 Å². The van der Waals surface area contributed by atoms with Gasteiger partial charge in [-0.05, 0) is 45.4 Å². The maximum absolute atomic E-state index is 12.5. The van der Waals surface area contributed by atoms with E-state index < -0.39 is 0 Å². The summed E-state index contributed by atoms with van der Waals surface area (Å²) in [4.78, 5) is 12.5. The van der Waals surface area contributed by atoms with E-state index in [2.05, 4.69) is 10.4 Å². The van der Waals surface area contributed by atoms with Gasteiger partial charge in [-0.2, -0.15) is 5.10 Å². The molecule has 0 unspecified atom stereocenters. The molecule has 5 nitrogen and oxygen atoms in total. The van der Waals surface area contributed by atoms with Crippen LogP contribution < -0.4 is 10.1 Å². The number of aromatic nitrogens is 2. The van der Waals surface area contributed by atoms with Gasteiger partial charge < -0.3 is 10.1 Å². The van der Waals surface area contributed by atoms with Crippen LogP contribution in [-0.4, -0.2) is 22.3 Å². The van der Waals surface area contributed by atoms with Gasteiger partial charge in [-0.25, -0.2) is 0 Å². The molecular weight excluding hydrogens is 278 g/mol. The van der Waals surface area contributed by atoms with E-state index in [0.29, 0.717) is 12.2 Å². The molecule has 0 aliphatic heterocycles. The van der Waals surface area contributed by atoms with Crippen molar-refractivity contribution in [3.05, 3.63) is 46.8 Å². The molecule has 1 amide bonds. The molecule has 0 aliphatic carbocycles. The third-order valence-electron chi connectivity index (χ3n) is 3.77. The van der Waals surface area contributed by atoms with Gasteiger partial charge in [0.1, 0.15) is 5.75 Å². The number of hydrogen-bond donors (Lipinski definition) is 1. The molecule has 0 spiro atoms. The summed E-state index contributed by atoms with van der Waals surface area (Å²) in [5, 5.41) is 7.31. The molecule has 0 radical (unpaired) electrons. The largest absolute Gasteiger partial charge is 0.494 e. The third kappa shape index (κ3) is 3.30. The van der Waals surface area contributed by atoms with E-state index in [1.54, 1.807) is 4.68 Å². The molecule has 0 bridgehead atoms. The highest BCUT2D eigenvalue weighted by Gasteiger charge is 2.19. The molecule has 2 aromatic rings. The zero-order valence-corrected chi connectivity index (χ0v) is 13.8. The van der Waals surface area contributed by atoms with Crippen LogP contribution in [0.25, 0.3) is 0 Å². The number of rotatable bonds is 5. The van der Waals surface area contributed by atoms with Gasteiger partial charge in [0.15, 0.2) is 0 Å². The second kappa shape index (κ2) is 6.64. The van der Waals surface area contributed by atoms with Crippen LogP contribution in [0.1, 0.15) is 47.2 Å². The highest BCUT2D eigenvalue weighted by atomic mass is 16.5. The van der Waals surface area contributed by atoms with Crippen molar-refractivity contribution >= 4 is 5.91 Å². The van der Waals surface area contributed by atoms with Crippen molar-refractivity contribution in [1.82, 2.24) is 15.1 Å². The molecule has 1 aromatic heterocycles. The van der Waals surface area contributed by atoms with E-state index in [0.717, 1.165) is 22.7 Å². The average molecular weight is 301 g/mol. The van der Waals surface area contributed by atoms with E-state index in [9.17, 15) is 4.79 Å². The Morgan fingerprint density at radius 3 is 2.45 bits per heavy atom. The SMILES string of the molecule is CCOc1ccc([C@H](C)NC(=O)c2c(C)nn(C)c2C)cc1. The Kier molecular flexibility index (Phi) is 4.85. The summed E-state index contributed by atoms with van der Waals surface area (Å²) >= 11 is 0. The number of nitrogens with one attached hydrogen (secondary N) is 1. The monoisotopic (exact) mass is 301 g/mol. The number of aryl methyl sites for hydroxylation is 2. The van der Waals surface area contributed by atoms with Crippen LogP contribution in [0.2, 0.25) is 0 Å². The lowest BCUT2D eigenvalue weighted by molar-refractivity contribution is 0.0938. The van der Waals surface area contributed by atoms with Crippen LogP contribution >= 0.6 is 0 Å². The van der Waals surface area contributed by atoms with Gasteiger partial charge in [-0.3, -0.25) is 9.48 Å². The topological polar surface area (TPSA) is 56.1 Å². The van der Waals surface area contributed by atoms with Gasteiger partial charge in [0.2, 0.25) is 0 Å². The molecule has 1 aromatic carbocycles. The first-order valence-corrected chi connectivity index (χ1v) is 7.47. The van der Waals surface area contributed by atoms with E-state index in [1.165, 1.54) is 0 Å². The molecule has 0 saturated carbocycles. The predicted octanol–water partition coefficient (Wildman–Crippen LogP) is 2.93. The molecular formula is C17H23N3O2. The molecule has 2 rings (SSSR count). The molecule has 1 N–H and O–H groups in total. The van der Waals surface area contributed by atoms with E-state index in [4.69, 9.17) is 4.74 Å². The fraction of sp³-hybridized carbons (Fsp3) is 0.412. The number of amides is 1. The summed E-state index contributed by atoms with van der Waals surface area (Å²) in [6.07, 6.45) is 0. The summed E-state index contributed by atoms with van der Waals surface area (Å²) in [7, 11) is 1.84. The van der Waals surface area contributed by atoms with E-state index in [-0.39, 0.29) is 11.9 Å². The van der Waals surface area contributed by atoms with Gasteiger partial charge in [0.25, 0.3) is 5.91 Å². The number of nitrogens with zero attached hydrogens (tertiary/aromatic N) is 2. The second-order valence-corrected chi connectivity index (χ2v) is 5.37. The molecule has 0 saturated heterocycles. The zero-order valence-electron chi connectivity index (χ0n) is 13.8. The number of carbonyl (C=O) groups excluding carboxylic acids is 1. The number of hydrogen-bond acceptors (Lipinski definition) is 3. The van der Waals surface area contributed by atoms with Gasteiger partial charge in [-0.1, -0.05) is 12.1 Å². The number of benzene rings is 1. The third-order valence-corrected chi connectivity index (χ3v) is 3.77. The van der Waals surface area contributed by atoms with Crippen molar-refractivity contribution in [2.75, 3.05) is 6.61 Å². The quantitative estimate of drug-likeness (QED) is 0.924. The number of ether oxygens (including phenoxy) is 1. The van der Waals surface area contributed by atoms with Crippen LogP contribution in [-0.2, 0) is 7.05 Å². The highest BCUT2D eigenvalue weighted by molar-refractivity contribution is 5.96. The molecule has 0 aliphatic rings. The molecule has 22 heavy (non-hydrogen) atoms. The van der Waals surface area contributed by atoms with Crippen LogP contribution in [0.4, 0.5) is 0 Å². The second-order valence-electron chi connectivity index (χ2n) is 5.37. The van der Waals surface area contributed by atoms with Gasteiger partial charge in [-0.15, -0.1) is 0 Å². The summed E-state index contributed by atoms with van der Waals surface area (Å²) in [6.45, 7) is 8.31. The summed E-state index contributed by atoms with van der Waals surface area (Å²) in [5.74, 6) is 0.744. The molecule has 1 atom stereocenters. The summed E-state index contributed by atoms with van der Waals surface area (Å²) in [5.41, 5.74) is 3.31. The van der Waals surface area contributed by atoms with Gasteiger partial charge in [0.05, 0.1) is 23.9 Å². The van der Waals surface area contributed by atoms with Gasteiger partial charge >= 0.3 is 0 Å². The van der Waals surface area contributed by atoms with Crippen LogP contribution in [0.5, 0.6) is 5.75 Å². The van der Waals surface area contributed by atoms with Crippen LogP contribution in [0.3, 0.4) is 0 Å². The summed E-state index contributed by atoms with van der Waals surface area (Å²) < 4.78 is 7.15. The first kappa shape index (κ1) is 16.1. The Morgan fingerprint density at radius 2 is 1.95 bits per heavy atom. The maximum atomic E-state index is 12.5. The Balaban J connectivity index is 2.10. The van der Waals surface area contributed by atoms with E-state index >= 15 is 0 Å². The maximum Gasteiger partial charge on any atom is 0.255 e. The number of carbonyl (C=O) groups is 1. The van der Waals surface area contributed by atoms with Crippen LogP contribution in [0, 0.1) is 13.8 Å². The Bertz CT molecular complexity index is 659. The fourth-order valence-corrected chi connectivity index (χ4v) is 2.47. The van der Waals surface area contributed by atoms with Crippen molar-refractivity contribution in [1.29, 1.82) is 0 Å². The minimum Gasteiger partial charge on any atom is -0.494 e. The van der Waals surface area contributed by atoms with Crippen molar-refractivity contribution in [2.45, 2.75) is 33.7 Å². The van der Waals surface area contributed by atoms with Gasteiger partial charge in [0, 0.05) is 12.7 Å². The lowest BCUT2D eigenvalue weighted by Crippen LogP contribution is -2.27. The lowest BCUT2D eigenvalue weighted by Gasteiger charge is -2.15. The first-order valence-electron chi connectivity index (χ1n) is 7.47.